The third-order valence-corrected chi connectivity index (χ3v) is 8.61. The van der Waals surface area contributed by atoms with Crippen LogP contribution in [0.4, 0.5) is 0 Å². The first-order valence-electron chi connectivity index (χ1n) is 13.6. The van der Waals surface area contributed by atoms with Crippen LogP contribution in [-0.4, -0.2) is 18.8 Å². The molecule has 0 aliphatic heterocycles. The first-order chi connectivity index (χ1) is 19.9. The minimum Gasteiger partial charge on any atom is -0.306 e. The summed E-state index contributed by atoms with van der Waals surface area (Å²) in [5.41, 5.74) is 9.36. The zero-order valence-corrected chi connectivity index (χ0v) is 21.3. The summed E-state index contributed by atoms with van der Waals surface area (Å²) in [5, 5.41) is 8.54. The molecule has 0 unspecified atom stereocenters. The van der Waals surface area contributed by atoms with E-state index >= 15 is 0 Å². The van der Waals surface area contributed by atoms with Gasteiger partial charge in [0.05, 0.1) is 38.6 Å². The molecule has 0 amide bonds. The predicted octanol–water partition coefficient (Wildman–Crippen LogP) is 9.05. The normalized spacial score (nSPS) is 12.5. The lowest BCUT2D eigenvalue weighted by atomic mass is 10.0. The molecule has 0 fully saturated rings. The zero-order chi connectivity index (χ0) is 25.9. The smallest absolute Gasteiger partial charge is 0.165 e. The Hall–Kier alpha value is -5.48. The highest BCUT2D eigenvalue weighted by molar-refractivity contribution is 6.29. The molecule has 10 aromatic rings. The third-order valence-electron chi connectivity index (χ3n) is 8.61. The summed E-state index contributed by atoms with van der Waals surface area (Å²) in [7, 11) is 0. The first kappa shape index (κ1) is 20.5. The molecule has 0 aliphatic rings. The molecule has 4 aromatic heterocycles. The summed E-state index contributed by atoms with van der Waals surface area (Å²) in [6.45, 7) is 0. The van der Waals surface area contributed by atoms with E-state index in [9.17, 15) is 0 Å². The first-order valence-corrected chi connectivity index (χ1v) is 13.6. The second kappa shape index (κ2) is 7.13. The molecule has 0 spiro atoms. The van der Waals surface area contributed by atoms with E-state index in [1.165, 1.54) is 48.9 Å². The van der Waals surface area contributed by atoms with Gasteiger partial charge in [-0.15, -0.1) is 0 Å². The Morgan fingerprint density at radius 1 is 0.400 bits per heavy atom. The van der Waals surface area contributed by atoms with Gasteiger partial charge < -0.3 is 4.40 Å². The number of aromatic nitrogens is 4. The van der Waals surface area contributed by atoms with Crippen molar-refractivity contribution in [2.75, 3.05) is 0 Å². The molecular formula is C36H20N4. The minimum atomic E-state index is 0.867. The van der Waals surface area contributed by atoms with Crippen molar-refractivity contribution in [3.63, 3.8) is 0 Å². The van der Waals surface area contributed by atoms with Gasteiger partial charge in [0.2, 0.25) is 0 Å². The molecular weight excluding hydrogens is 488 g/mol. The fraction of sp³-hybridized carbons (Fsp3) is 0. The van der Waals surface area contributed by atoms with Crippen LogP contribution in [0.25, 0.3) is 87.5 Å². The lowest BCUT2D eigenvalue weighted by Crippen LogP contribution is -1.98. The Labute approximate surface area is 227 Å². The standard InChI is InChI=1S/C36H20N4/c1-2-10-22-21(9-1)17-20-31-32(22)26-19-18-24-23-11-3-7-15-29(23)40-34(24)35(26)39(31)30-16-8-4-12-25(30)33-36(40)38-28-14-6-5-13-27(28)37-33/h1-20H. The molecule has 0 atom stereocenters. The number of benzene rings is 6. The molecule has 0 N–H and O–H groups in total. The SMILES string of the molecule is c1ccc2c(c1)ccc1c2c2ccc3c4ccccc4n4c5nc6ccccc6nc5c5ccccc5n1c2c34. The van der Waals surface area contributed by atoms with Crippen molar-refractivity contribution in [1.82, 2.24) is 18.8 Å². The minimum absolute atomic E-state index is 0.867. The Morgan fingerprint density at radius 3 is 1.88 bits per heavy atom. The summed E-state index contributed by atoms with van der Waals surface area (Å²) >= 11 is 0. The van der Waals surface area contributed by atoms with Gasteiger partial charge in [0.25, 0.3) is 0 Å². The Balaban J connectivity index is 1.68. The topological polar surface area (TPSA) is 34.6 Å². The maximum absolute atomic E-state index is 5.32. The fourth-order valence-electron chi connectivity index (χ4n) is 6.98. The highest BCUT2D eigenvalue weighted by Gasteiger charge is 2.22. The van der Waals surface area contributed by atoms with Crippen LogP contribution < -0.4 is 0 Å². The van der Waals surface area contributed by atoms with Crippen LogP contribution in [0.3, 0.4) is 0 Å². The second-order valence-electron chi connectivity index (χ2n) is 10.6. The van der Waals surface area contributed by atoms with E-state index in [1.807, 2.05) is 12.1 Å². The van der Waals surface area contributed by atoms with Gasteiger partial charge in [-0.05, 0) is 41.1 Å². The van der Waals surface area contributed by atoms with E-state index in [2.05, 4.69) is 118 Å². The maximum Gasteiger partial charge on any atom is 0.165 e. The van der Waals surface area contributed by atoms with Crippen LogP contribution in [0.15, 0.2) is 121 Å². The Kier molecular flexibility index (Phi) is 3.65. The van der Waals surface area contributed by atoms with Crippen molar-refractivity contribution in [2.45, 2.75) is 0 Å². The van der Waals surface area contributed by atoms with E-state index in [0.29, 0.717) is 0 Å². The van der Waals surface area contributed by atoms with Crippen LogP contribution in [0.5, 0.6) is 0 Å². The molecule has 4 heteroatoms. The Bertz CT molecular complexity index is 2710. The van der Waals surface area contributed by atoms with Crippen molar-refractivity contribution in [1.29, 1.82) is 0 Å². The number of fused-ring (bicyclic) bond motifs is 14. The van der Waals surface area contributed by atoms with Gasteiger partial charge in [0.15, 0.2) is 5.65 Å². The van der Waals surface area contributed by atoms with Crippen molar-refractivity contribution < 1.29 is 0 Å². The summed E-state index contributed by atoms with van der Waals surface area (Å²) in [6, 6.07) is 43.3. The molecule has 6 aromatic carbocycles. The number of nitrogens with zero attached hydrogens (tertiary/aromatic N) is 4. The van der Waals surface area contributed by atoms with Crippen molar-refractivity contribution in [3.8, 4) is 0 Å². The Morgan fingerprint density at radius 2 is 1.02 bits per heavy atom. The molecule has 0 saturated carbocycles. The van der Waals surface area contributed by atoms with E-state index in [4.69, 9.17) is 9.97 Å². The van der Waals surface area contributed by atoms with Gasteiger partial charge in [-0.1, -0.05) is 91.0 Å². The molecule has 4 nitrogen and oxygen atoms in total. The highest BCUT2D eigenvalue weighted by Crippen LogP contribution is 2.43. The third kappa shape index (κ3) is 2.38. The predicted molar refractivity (Wildman–Crippen MR) is 166 cm³/mol. The van der Waals surface area contributed by atoms with Crippen LogP contribution in [-0.2, 0) is 0 Å². The molecule has 4 heterocycles. The zero-order valence-electron chi connectivity index (χ0n) is 21.3. The number of hydrogen-bond donors (Lipinski definition) is 0. The molecule has 184 valence electrons. The van der Waals surface area contributed by atoms with Gasteiger partial charge >= 0.3 is 0 Å². The fourth-order valence-corrected chi connectivity index (χ4v) is 6.98. The summed E-state index contributed by atoms with van der Waals surface area (Å²) in [6.07, 6.45) is 0. The van der Waals surface area contributed by atoms with Gasteiger partial charge in [-0.2, -0.15) is 0 Å². The van der Waals surface area contributed by atoms with Crippen LogP contribution in [0, 0.1) is 0 Å². The molecule has 40 heavy (non-hydrogen) atoms. The molecule has 0 saturated heterocycles. The highest BCUT2D eigenvalue weighted by atomic mass is 15.0. The lowest BCUT2D eigenvalue weighted by Gasteiger charge is -2.10. The molecule has 0 aliphatic carbocycles. The quantitative estimate of drug-likeness (QED) is 0.205. The van der Waals surface area contributed by atoms with Gasteiger partial charge in [0.1, 0.15) is 5.52 Å². The maximum atomic E-state index is 5.32. The number of hydrogen-bond acceptors (Lipinski definition) is 2. The van der Waals surface area contributed by atoms with Gasteiger partial charge in [0, 0.05) is 26.9 Å². The summed E-state index contributed by atoms with van der Waals surface area (Å²) in [5.74, 6) is 0. The lowest BCUT2D eigenvalue weighted by molar-refractivity contribution is 1.24. The number of rotatable bonds is 0. The molecule has 10 rings (SSSR count). The summed E-state index contributed by atoms with van der Waals surface area (Å²) < 4.78 is 4.82. The number of para-hydroxylation sites is 4. The van der Waals surface area contributed by atoms with E-state index in [1.54, 1.807) is 0 Å². The molecule has 0 bridgehead atoms. The van der Waals surface area contributed by atoms with E-state index in [-0.39, 0.29) is 0 Å². The van der Waals surface area contributed by atoms with Crippen molar-refractivity contribution >= 4 is 87.5 Å². The van der Waals surface area contributed by atoms with Gasteiger partial charge in [-0.3, -0.25) is 4.40 Å². The van der Waals surface area contributed by atoms with E-state index in [0.717, 1.165) is 38.6 Å². The average molecular weight is 509 g/mol. The average Bonchev–Trinajstić information content (AvgIpc) is 3.53. The molecule has 0 radical (unpaired) electrons. The second-order valence-corrected chi connectivity index (χ2v) is 10.6. The van der Waals surface area contributed by atoms with Crippen molar-refractivity contribution in [3.05, 3.63) is 121 Å². The van der Waals surface area contributed by atoms with Crippen LogP contribution >= 0.6 is 0 Å². The largest absolute Gasteiger partial charge is 0.306 e. The monoisotopic (exact) mass is 508 g/mol. The van der Waals surface area contributed by atoms with Crippen LogP contribution in [0.1, 0.15) is 0 Å². The van der Waals surface area contributed by atoms with Crippen molar-refractivity contribution in [2.24, 2.45) is 0 Å². The van der Waals surface area contributed by atoms with Gasteiger partial charge in [-0.25, -0.2) is 9.97 Å². The summed E-state index contributed by atoms with van der Waals surface area (Å²) in [4.78, 5) is 10.6. The van der Waals surface area contributed by atoms with E-state index < -0.39 is 0 Å². The van der Waals surface area contributed by atoms with Crippen LogP contribution in [0.2, 0.25) is 0 Å².